The molecule has 4 nitrogen and oxygen atoms in total. The van der Waals surface area contributed by atoms with Gasteiger partial charge in [0.1, 0.15) is 0 Å². The van der Waals surface area contributed by atoms with Crippen molar-refractivity contribution in [2.75, 3.05) is 0 Å². The summed E-state index contributed by atoms with van der Waals surface area (Å²) < 4.78 is 0. The Morgan fingerprint density at radius 3 is 2.37 bits per heavy atom. The predicted molar refractivity (Wildman–Crippen MR) is 110 cm³/mol. The van der Waals surface area contributed by atoms with Gasteiger partial charge in [-0.2, -0.15) is 0 Å². The molecule has 3 aromatic rings. The molecule has 2 aromatic carbocycles. The molecule has 0 radical (unpaired) electrons. The number of carbonyl (C=O) groups is 1. The Balaban J connectivity index is 1.69. The molecule has 1 heterocycles. The van der Waals surface area contributed by atoms with E-state index in [9.17, 15) is 9.59 Å². The highest BCUT2D eigenvalue weighted by Gasteiger charge is 2.21. The zero-order chi connectivity index (χ0) is 19.6. The number of aromatic amines is 1. The quantitative estimate of drug-likeness (QED) is 0.725. The molecule has 4 heteroatoms. The first-order chi connectivity index (χ1) is 12.7. The maximum Gasteiger partial charge on any atom is 0.251 e. The Morgan fingerprint density at radius 1 is 1.00 bits per heavy atom. The topological polar surface area (TPSA) is 62.0 Å². The summed E-state index contributed by atoms with van der Waals surface area (Å²) in [5.74, 6) is -0.00684. The Kier molecular flexibility index (Phi) is 5.17. The minimum Gasteiger partial charge on any atom is -0.351 e. The van der Waals surface area contributed by atoms with E-state index < -0.39 is 0 Å². The summed E-state index contributed by atoms with van der Waals surface area (Å²) in [5.41, 5.74) is 4.41. The van der Waals surface area contributed by atoms with Gasteiger partial charge in [0.15, 0.2) is 0 Å². The van der Waals surface area contributed by atoms with Gasteiger partial charge < -0.3 is 10.3 Å². The van der Waals surface area contributed by atoms with Crippen molar-refractivity contribution < 1.29 is 4.79 Å². The Labute approximate surface area is 159 Å². The van der Waals surface area contributed by atoms with Crippen molar-refractivity contribution in [3.05, 3.63) is 81.1 Å². The van der Waals surface area contributed by atoms with Crippen molar-refractivity contribution >= 4 is 16.8 Å². The molecular formula is C23H26N2O2. The number of aryl methyl sites for hydroxylation is 2. The molecular weight excluding hydrogens is 336 g/mol. The van der Waals surface area contributed by atoms with Crippen LogP contribution in [0.5, 0.6) is 0 Å². The highest BCUT2D eigenvalue weighted by atomic mass is 16.1. The lowest BCUT2D eigenvalue weighted by Gasteiger charge is -2.26. The lowest BCUT2D eigenvalue weighted by Crippen LogP contribution is -2.45. The number of amides is 1. The maximum atomic E-state index is 12.6. The monoisotopic (exact) mass is 362 g/mol. The van der Waals surface area contributed by atoms with E-state index in [1.807, 2.05) is 38.1 Å². The highest BCUT2D eigenvalue weighted by Crippen LogP contribution is 2.16. The van der Waals surface area contributed by atoms with Gasteiger partial charge in [-0.1, -0.05) is 35.9 Å². The summed E-state index contributed by atoms with van der Waals surface area (Å²) in [6.45, 7) is 7.93. The average molecular weight is 362 g/mol. The molecule has 1 amide bonds. The van der Waals surface area contributed by atoms with Gasteiger partial charge in [0.25, 0.3) is 5.56 Å². The van der Waals surface area contributed by atoms with E-state index in [0.29, 0.717) is 12.0 Å². The minimum atomic E-state index is -0.328. The smallest absolute Gasteiger partial charge is 0.251 e. The largest absolute Gasteiger partial charge is 0.351 e. The van der Waals surface area contributed by atoms with E-state index in [2.05, 4.69) is 41.5 Å². The molecule has 0 aliphatic heterocycles. The summed E-state index contributed by atoms with van der Waals surface area (Å²) in [5, 5.41) is 4.08. The van der Waals surface area contributed by atoms with Crippen molar-refractivity contribution in [3.8, 4) is 0 Å². The summed E-state index contributed by atoms with van der Waals surface area (Å²) in [4.78, 5) is 27.1. The van der Waals surface area contributed by atoms with E-state index in [1.165, 1.54) is 11.1 Å². The van der Waals surface area contributed by atoms with Gasteiger partial charge in [-0.15, -0.1) is 0 Å². The zero-order valence-corrected chi connectivity index (χ0v) is 16.3. The van der Waals surface area contributed by atoms with Gasteiger partial charge in [-0.3, -0.25) is 9.59 Å². The molecule has 1 aromatic heterocycles. The van der Waals surface area contributed by atoms with Crippen LogP contribution in [0, 0.1) is 13.8 Å². The fourth-order valence-corrected chi connectivity index (χ4v) is 3.34. The van der Waals surface area contributed by atoms with Gasteiger partial charge in [0.05, 0.1) is 6.42 Å². The second-order valence-corrected chi connectivity index (χ2v) is 7.97. The second-order valence-electron chi connectivity index (χ2n) is 7.97. The van der Waals surface area contributed by atoms with E-state index in [-0.39, 0.29) is 17.0 Å². The number of hydrogen-bond acceptors (Lipinski definition) is 2. The molecule has 0 spiro atoms. The van der Waals surface area contributed by atoms with Gasteiger partial charge in [-0.25, -0.2) is 0 Å². The standard InChI is InChI=1S/C23H26N2O2/c1-15-5-7-17(8-6-15)14-23(3,4)25-21(26)13-18-9-10-20-19(12-18)11-16(2)22(27)24-20/h5-12H,13-14H2,1-4H3,(H,24,27)(H,25,26). The van der Waals surface area contributed by atoms with Crippen LogP contribution in [0.15, 0.2) is 53.3 Å². The molecule has 0 atom stereocenters. The number of aromatic nitrogens is 1. The Bertz CT molecular complexity index is 1030. The van der Waals surface area contributed by atoms with Crippen molar-refractivity contribution in [3.63, 3.8) is 0 Å². The normalized spacial score (nSPS) is 11.6. The van der Waals surface area contributed by atoms with Crippen LogP contribution < -0.4 is 10.9 Å². The Morgan fingerprint density at radius 2 is 1.67 bits per heavy atom. The van der Waals surface area contributed by atoms with E-state index in [1.54, 1.807) is 6.92 Å². The summed E-state index contributed by atoms with van der Waals surface area (Å²) in [7, 11) is 0. The second kappa shape index (κ2) is 7.39. The number of nitrogens with one attached hydrogen (secondary N) is 2. The molecule has 0 bridgehead atoms. The average Bonchev–Trinajstić information content (AvgIpc) is 2.57. The van der Waals surface area contributed by atoms with Gasteiger partial charge in [-0.05, 0) is 68.8 Å². The van der Waals surface area contributed by atoms with Gasteiger partial charge in [0, 0.05) is 16.6 Å². The lowest BCUT2D eigenvalue weighted by atomic mass is 9.94. The summed E-state index contributed by atoms with van der Waals surface area (Å²) in [6.07, 6.45) is 1.09. The molecule has 2 N–H and O–H groups in total. The maximum absolute atomic E-state index is 12.6. The van der Waals surface area contributed by atoms with Crippen LogP contribution in [0.1, 0.15) is 36.1 Å². The number of H-pyrrole nitrogens is 1. The Hall–Kier alpha value is -2.88. The van der Waals surface area contributed by atoms with Crippen LogP contribution in [-0.2, 0) is 17.6 Å². The van der Waals surface area contributed by atoms with Crippen LogP contribution in [-0.4, -0.2) is 16.4 Å². The van der Waals surface area contributed by atoms with Crippen molar-refractivity contribution in [1.29, 1.82) is 0 Å². The molecule has 0 aliphatic rings. The summed E-state index contributed by atoms with van der Waals surface area (Å²) in [6, 6.07) is 16.0. The number of pyridine rings is 1. The highest BCUT2D eigenvalue weighted by molar-refractivity contribution is 5.83. The number of rotatable bonds is 5. The van der Waals surface area contributed by atoms with E-state index in [4.69, 9.17) is 0 Å². The number of benzene rings is 2. The fraction of sp³-hybridized carbons (Fsp3) is 0.304. The first kappa shape index (κ1) is 18.9. The minimum absolute atomic E-state index is 0.00684. The van der Waals surface area contributed by atoms with Crippen LogP contribution in [0.2, 0.25) is 0 Å². The number of hydrogen-bond donors (Lipinski definition) is 2. The number of fused-ring (bicyclic) bond motifs is 1. The molecule has 0 fully saturated rings. The molecule has 0 unspecified atom stereocenters. The van der Waals surface area contributed by atoms with Crippen LogP contribution in [0.3, 0.4) is 0 Å². The molecule has 0 saturated carbocycles. The SMILES string of the molecule is Cc1ccc(CC(C)(C)NC(=O)Cc2ccc3[nH]c(=O)c(C)cc3c2)cc1. The van der Waals surface area contributed by atoms with Crippen LogP contribution >= 0.6 is 0 Å². The van der Waals surface area contributed by atoms with Crippen molar-refractivity contribution in [2.24, 2.45) is 0 Å². The van der Waals surface area contributed by atoms with Gasteiger partial charge >= 0.3 is 0 Å². The van der Waals surface area contributed by atoms with E-state index in [0.717, 1.165) is 22.9 Å². The third-order valence-electron chi connectivity index (χ3n) is 4.70. The fourth-order valence-electron chi connectivity index (χ4n) is 3.34. The van der Waals surface area contributed by atoms with Crippen LogP contribution in [0.25, 0.3) is 10.9 Å². The number of carbonyl (C=O) groups excluding carboxylic acids is 1. The van der Waals surface area contributed by atoms with Crippen LogP contribution in [0.4, 0.5) is 0 Å². The van der Waals surface area contributed by atoms with Gasteiger partial charge in [0.2, 0.25) is 5.91 Å². The third kappa shape index (κ3) is 4.85. The first-order valence-corrected chi connectivity index (χ1v) is 9.21. The van der Waals surface area contributed by atoms with Crippen molar-refractivity contribution in [1.82, 2.24) is 10.3 Å². The molecule has 3 rings (SSSR count). The summed E-state index contributed by atoms with van der Waals surface area (Å²) >= 11 is 0. The molecule has 0 aliphatic carbocycles. The first-order valence-electron chi connectivity index (χ1n) is 9.21. The molecule has 0 saturated heterocycles. The van der Waals surface area contributed by atoms with Crippen molar-refractivity contribution in [2.45, 2.75) is 46.1 Å². The predicted octanol–water partition coefficient (Wildman–Crippen LogP) is 3.82. The van der Waals surface area contributed by atoms with E-state index >= 15 is 0 Å². The molecule has 27 heavy (non-hydrogen) atoms. The third-order valence-corrected chi connectivity index (χ3v) is 4.70. The lowest BCUT2D eigenvalue weighted by molar-refractivity contribution is -0.122. The molecule has 140 valence electrons. The zero-order valence-electron chi connectivity index (χ0n) is 16.3.